The van der Waals surface area contributed by atoms with E-state index in [4.69, 9.17) is 9.92 Å². The molecule has 188 valence electrons. The van der Waals surface area contributed by atoms with Crippen LogP contribution in [-0.2, 0) is 0 Å². The Morgan fingerprint density at radius 3 is 2.43 bits per heavy atom. The number of nitrogens with zero attached hydrogens (tertiary/aromatic N) is 2. The van der Waals surface area contributed by atoms with Gasteiger partial charge in [-0.15, -0.1) is 0 Å². The van der Waals surface area contributed by atoms with Gasteiger partial charge in [0.2, 0.25) is 0 Å². The van der Waals surface area contributed by atoms with Gasteiger partial charge in [0.1, 0.15) is 23.8 Å². The topological polar surface area (TPSA) is 63.7 Å². The van der Waals surface area contributed by atoms with Crippen molar-refractivity contribution in [2.24, 2.45) is 5.41 Å². The molecule has 0 saturated carbocycles. The van der Waals surface area contributed by atoms with Crippen LogP contribution in [0.4, 0.5) is 10.1 Å². The molecule has 3 N–H and O–H groups in total. The molecule has 7 heteroatoms. The maximum Gasteiger partial charge on any atom is 0.146 e. The molecule has 0 amide bonds. The Morgan fingerprint density at radius 1 is 1.03 bits per heavy atom. The summed E-state index contributed by atoms with van der Waals surface area (Å²) < 4.78 is 20.4. The molecule has 2 fully saturated rings. The van der Waals surface area contributed by atoms with Crippen LogP contribution in [0.2, 0.25) is 0 Å². The summed E-state index contributed by atoms with van der Waals surface area (Å²) in [4.78, 5) is 2.70. The van der Waals surface area contributed by atoms with Crippen molar-refractivity contribution >= 4 is 17.9 Å². The number of nitrogen functional groups attached to an aromatic ring is 1. The van der Waals surface area contributed by atoms with Gasteiger partial charge in [0.15, 0.2) is 0 Å². The van der Waals surface area contributed by atoms with Crippen LogP contribution in [0.1, 0.15) is 38.5 Å². The normalized spacial score (nSPS) is 22.5. The largest absolute Gasteiger partial charge is 0.409 e. The lowest BCUT2D eigenvalue weighted by Crippen LogP contribution is -2.48. The van der Waals surface area contributed by atoms with E-state index in [1.807, 2.05) is 36.4 Å². The number of nitrogens with one attached hydrogen (secondary N) is 1. The third-order valence-corrected chi connectivity index (χ3v) is 7.58. The SMILES string of the molecule is C=CC1=C(CC2(CN3CCCCC3)CCCN(SOc3ccccc3)C2)N1.Nc1ccc(F)cc1. The van der Waals surface area contributed by atoms with Gasteiger partial charge in [-0.3, -0.25) is 0 Å². The predicted molar refractivity (Wildman–Crippen MR) is 144 cm³/mol. The van der Waals surface area contributed by atoms with E-state index in [2.05, 4.69) is 21.1 Å². The molecule has 0 aromatic heterocycles. The van der Waals surface area contributed by atoms with Crippen molar-refractivity contribution in [2.75, 3.05) is 38.5 Å². The van der Waals surface area contributed by atoms with Crippen molar-refractivity contribution in [1.82, 2.24) is 14.5 Å². The predicted octanol–water partition coefficient (Wildman–Crippen LogP) is 6.00. The van der Waals surface area contributed by atoms with Crippen LogP contribution in [0.15, 0.2) is 78.6 Å². The number of allylic oxidation sites excluding steroid dienone is 2. The third kappa shape index (κ3) is 8.02. The van der Waals surface area contributed by atoms with E-state index in [0.717, 1.165) is 25.3 Å². The molecule has 2 aromatic rings. The number of para-hydroxylation sites is 1. The zero-order valence-corrected chi connectivity index (χ0v) is 21.2. The molecular weight excluding hydrogens is 459 g/mol. The van der Waals surface area contributed by atoms with E-state index in [0.29, 0.717) is 11.1 Å². The number of likely N-dealkylation sites (tertiary alicyclic amines) is 1. The van der Waals surface area contributed by atoms with E-state index < -0.39 is 0 Å². The summed E-state index contributed by atoms with van der Waals surface area (Å²) in [5, 5.41) is 3.44. The summed E-state index contributed by atoms with van der Waals surface area (Å²) in [5.74, 6) is 0.675. The first-order chi connectivity index (χ1) is 17.0. The first-order valence-electron chi connectivity index (χ1n) is 12.6. The monoisotopic (exact) mass is 496 g/mol. The van der Waals surface area contributed by atoms with E-state index in [1.54, 1.807) is 0 Å². The van der Waals surface area contributed by atoms with Gasteiger partial charge in [0, 0.05) is 36.4 Å². The number of nitrogens with two attached hydrogens (primary N) is 1. The van der Waals surface area contributed by atoms with Gasteiger partial charge in [-0.2, -0.15) is 0 Å². The molecule has 0 spiro atoms. The average molecular weight is 497 g/mol. The fourth-order valence-electron chi connectivity index (χ4n) is 5.00. The fraction of sp³-hybridized carbons (Fsp3) is 0.429. The second-order valence-electron chi connectivity index (χ2n) is 9.72. The molecule has 0 radical (unpaired) electrons. The fourth-order valence-corrected chi connectivity index (χ4v) is 5.83. The van der Waals surface area contributed by atoms with Gasteiger partial charge in [-0.05, 0) is 87.7 Å². The van der Waals surface area contributed by atoms with Crippen LogP contribution >= 0.6 is 12.2 Å². The molecule has 2 saturated heterocycles. The molecule has 2 aromatic carbocycles. The maximum atomic E-state index is 12.0. The summed E-state index contributed by atoms with van der Waals surface area (Å²) >= 11 is 1.53. The highest BCUT2D eigenvalue weighted by molar-refractivity contribution is 7.92. The highest BCUT2D eigenvalue weighted by Crippen LogP contribution is 2.42. The molecular formula is C28H37FN4OS. The molecule has 35 heavy (non-hydrogen) atoms. The zero-order valence-electron chi connectivity index (χ0n) is 20.4. The van der Waals surface area contributed by atoms with Crippen molar-refractivity contribution in [1.29, 1.82) is 0 Å². The van der Waals surface area contributed by atoms with Crippen molar-refractivity contribution in [2.45, 2.75) is 38.5 Å². The van der Waals surface area contributed by atoms with Crippen LogP contribution in [-0.4, -0.2) is 41.9 Å². The van der Waals surface area contributed by atoms with Gasteiger partial charge < -0.3 is 20.1 Å². The van der Waals surface area contributed by atoms with Crippen molar-refractivity contribution in [3.05, 3.63) is 84.5 Å². The summed E-state index contributed by atoms with van der Waals surface area (Å²) in [6.45, 7) is 9.81. The molecule has 1 atom stereocenters. The maximum absolute atomic E-state index is 12.0. The molecule has 3 aliphatic rings. The Kier molecular flexibility index (Phi) is 9.12. The molecule has 3 heterocycles. The van der Waals surface area contributed by atoms with Crippen LogP contribution in [0.25, 0.3) is 0 Å². The van der Waals surface area contributed by atoms with Crippen LogP contribution in [0.5, 0.6) is 5.75 Å². The van der Waals surface area contributed by atoms with Crippen LogP contribution in [0, 0.1) is 11.2 Å². The molecule has 0 bridgehead atoms. The van der Waals surface area contributed by atoms with Crippen molar-refractivity contribution < 1.29 is 8.57 Å². The van der Waals surface area contributed by atoms with Gasteiger partial charge in [-0.25, -0.2) is 8.70 Å². The van der Waals surface area contributed by atoms with Crippen molar-refractivity contribution in [3.63, 3.8) is 0 Å². The van der Waals surface area contributed by atoms with E-state index in [-0.39, 0.29) is 5.82 Å². The van der Waals surface area contributed by atoms with Crippen LogP contribution < -0.4 is 15.2 Å². The van der Waals surface area contributed by atoms with Gasteiger partial charge in [0.05, 0.1) is 5.70 Å². The molecule has 5 nitrogen and oxygen atoms in total. The highest BCUT2D eigenvalue weighted by Gasteiger charge is 2.41. The lowest BCUT2D eigenvalue weighted by molar-refractivity contribution is 0.0765. The Bertz CT molecular complexity index is 957. The van der Waals surface area contributed by atoms with E-state index in [1.165, 1.54) is 99.6 Å². The zero-order chi connectivity index (χ0) is 24.5. The number of benzene rings is 2. The van der Waals surface area contributed by atoms with Gasteiger partial charge in [-0.1, -0.05) is 31.2 Å². The van der Waals surface area contributed by atoms with Crippen molar-refractivity contribution in [3.8, 4) is 5.75 Å². The molecule has 1 unspecified atom stereocenters. The lowest BCUT2D eigenvalue weighted by atomic mass is 9.76. The minimum Gasteiger partial charge on any atom is -0.409 e. The first-order valence-corrected chi connectivity index (χ1v) is 13.3. The second-order valence-corrected chi connectivity index (χ2v) is 10.6. The quantitative estimate of drug-likeness (QED) is 0.266. The minimum absolute atomic E-state index is 0.251. The summed E-state index contributed by atoms with van der Waals surface area (Å²) in [7, 11) is 0. The minimum atomic E-state index is -0.251. The van der Waals surface area contributed by atoms with Gasteiger partial charge >= 0.3 is 0 Å². The number of hydrogen-bond donors (Lipinski definition) is 2. The summed E-state index contributed by atoms with van der Waals surface area (Å²) in [6, 6.07) is 15.8. The summed E-state index contributed by atoms with van der Waals surface area (Å²) in [6.07, 6.45) is 9.71. The number of halogens is 1. The number of hydrogen-bond acceptors (Lipinski definition) is 6. The molecule has 5 rings (SSSR count). The number of rotatable bonds is 8. The van der Waals surface area contributed by atoms with Gasteiger partial charge in [0.25, 0.3) is 0 Å². The Balaban J connectivity index is 0.000000308. The number of piperidine rings is 2. The summed E-state index contributed by atoms with van der Waals surface area (Å²) in [5.41, 5.74) is 8.80. The number of anilines is 1. The smallest absolute Gasteiger partial charge is 0.146 e. The molecule has 3 aliphatic heterocycles. The Hall–Kier alpha value is -2.48. The standard InChI is InChI=1S/C22H31N3OS.C6H6FN/c1-2-20-21(23-20)16-22(17-24-13-7-4-8-14-24)12-9-15-25(18-22)27-26-19-10-5-3-6-11-19;7-5-1-3-6(8)4-2-5/h2-3,5-6,10-11,23H,1,4,7-9,12-18H2;1-4H,8H2. The average Bonchev–Trinajstić information content (AvgIpc) is 3.64. The van der Waals surface area contributed by atoms with E-state index in [9.17, 15) is 4.39 Å². The second kappa shape index (κ2) is 12.5. The lowest BCUT2D eigenvalue weighted by Gasteiger charge is -2.44. The molecule has 0 aliphatic carbocycles. The Morgan fingerprint density at radius 2 is 1.77 bits per heavy atom. The van der Waals surface area contributed by atoms with E-state index >= 15 is 0 Å². The Labute approximate surface area is 213 Å². The third-order valence-electron chi connectivity index (χ3n) is 6.79. The first kappa shape index (κ1) is 25.6. The highest BCUT2D eigenvalue weighted by atomic mass is 32.2. The van der Waals surface area contributed by atoms with Crippen LogP contribution in [0.3, 0.4) is 0 Å².